The number of methoxy groups -OCH3 is 1. The zero-order valence-electron chi connectivity index (χ0n) is 10.9. The fraction of sp³-hybridized carbons (Fsp3) is 0.400. The molecule has 96 valence electrons. The van der Waals surface area contributed by atoms with Crippen molar-refractivity contribution in [3.05, 3.63) is 36.0 Å². The van der Waals surface area contributed by atoms with Crippen molar-refractivity contribution >= 4 is 11.5 Å². The number of rotatable bonds is 3. The molecule has 1 N–H and O–H groups in total. The van der Waals surface area contributed by atoms with E-state index in [1.54, 1.807) is 7.11 Å². The van der Waals surface area contributed by atoms with Gasteiger partial charge in [0.25, 0.3) is 0 Å². The monoisotopic (exact) mass is 245 g/mol. The molecule has 0 aromatic heterocycles. The molecule has 0 saturated heterocycles. The lowest BCUT2D eigenvalue weighted by molar-refractivity contribution is -0.119. The maximum Gasteiger partial charge on any atom is 0.163 e. The molecule has 0 aliphatic heterocycles. The van der Waals surface area contributed by atoms with Gasteiger partial charge in [-0.15, -0.1) is 0 Å². The van der Waals surface area contributed by atoms with Crippen LogP contribution < -0.4 is 10.1 Å². The van der Waals surface area contributed by atoms with Crippen LogP contribution in [0.25, 0.3) is 0 Å². The Labute approximate surface area is 108 Å². The van der Waals surface area contributed by atoms with Crippen molar-refractivity contribution in [2.75, 3.05) is 12.4 Å². The number of ketones is 1. The largest absolute Gasteiger partial charge is 0.495 e. The molecule has 3 heteroatoms. The van der Waals surface area contributed by atoms with Gasteiger partial charge in [-0.05, 0) is 31.4 Å². The number of ether oxygens (including phenoxy) is 1. The predicted octanol–water partition coefficient (Wildman–Crippen LogP) is 3.38. The first-order valence-electron chi connectivity index (χ1n) is 6.35. The van der Waals surface area contributed by atoms with Crippen LogP contribution in [0.1, 0.15) is 26.2 Å². The Kier molecular flexibility index (Phi) is 4.03. The molecular formula is C15H19NO2. The zero-order chi connectivity index (χ0) is 13.0. The SMILES string of the molecule is COc1ccccc1N/C=C1\CCCC(C)C1=O. The van der Waals surface area contributed by atoms with Crippen LogP contribution >= 0.6 is 0 Å². The first kappa shape index (κ1) is 12.7. The number of allylic oxidation sites excluding steroid dienone is 1. The fourth-order valence-electron chi connectivity index (χ4n) is 2.24. The van der Waals surface area contributed by atoms with Gasteiger partial charge in [-0.2, -0.15) is 0 Å². The normalized spacial score (nSPS) is 22.0. The first-order chi connectivity index (χ1) is 8.72. The lowest BCUT2D eigenvalue weighted by atomic mass is 9.86. The molecule has 1 aromatic carbocycles. The Balaban J connectivity index is 2.12. The second-order valence-electron chi connectivity index (χ2n) is 4.67. The number of anilines is 1. The number of nitrogens with one attached hydrogen (secondary N) is 1. The van der Waals surface area contributed by atoms with Crippen LogP contribution in [-0.4, -0.2) is 12.9 Å². The standard InChI is InChI=1S/C15H19NO2/c1-11-6-5-7-12(15(11)17)10-16-13-8-3-4-9-14(13)18-2/h3-4,8-11,16H,5-7H2,1-2H3/b12-10+. The van der Waals surface area contributed by atoms with Gasteiger partial charge in [-0.25, -0.2) is 0 Å². The third kappa shape index (κ3) is 2.73. The number of para-hydroxylation sites is 2. The van der Waals surface area contributed by atoms with E-state index in [-0.39, 0.29) is 11.7 Å². The fourth-order valence-corrected chi connectivity index (χ4v) is 2.24. The number of Topliss-reactive ketones (excluding diaryl/α,β-unsaturated/α-hetero) is 1. The molecule has 0 amide bonds. The second kappa shape index (κ2) is 5.71. The smallest absolute Gasteiger partial charge is 0.163 e. The van der Waals surface area contributed by atoms with E-state index in [2.05, 4.69) is 5.32 Å². The van der Waals surface area contributed by atoms with Gasteiger partial charge < -0.3 is 10.1 Å². The van der Waals surface area contributed by atoms with Crippen molar-refractivity contribution in [2.45, 2.75) is 26.2 Å². The van der Waals surface area contributed by atoms with Gasteiger partial charge in [0.15, 0.2) is 5.78 Å². The van der Waals surface area contributed by atoms with E-state index in [1.165, 1.54) is 0 Å². The van der Waals surface area contributed by atoms with Gasteiger partial charge >= 0.3 is 0 Å². The van der Waals surface area contributed by atoms with E-state index in [9.17, 15) is 4.79 Å². The third-order valence-corrected chi connectivity index (χ3v) is 3.36. The summed E-state index contributed by atoms with van der Waals surface area (Å²) in [5.41, 5.74) is 1.78. The molecular weight excluding hydrogens is 226 g/mol. The number of carbonyl (C=O) groups excluding carboxylic acids is 1. The van der Waals surface area contributed by atoms with E-state index < -0.39 is 0 Å². The van der Waals surface area contributed by atoms with Crippen LogP contribution in [0.3, 0.4) is 0 Å². The Bertz CT molecular complexity index is 465. The van der Waals surface area contributed by atoms with Gasteiger partial charge in [-0.1, -0.05) is 19.1 Å². The average Bonchev–Trinajstić information content (AvgIpc) is 2.41. The van der Waals surface area contributed by atoms with Crippen molar-refractivity contribution in [3.8, 4) is 5.75 Å². The molecule has 18 heavy (non-hydrogen) atoms. The van der Waals surface area contributed by atoms with Crippen molar-refractivity contribution in [3.63, 3.8) is 0 Å². The zero-order valence-corrected chi connectivity index (χ0v) is 10.9. The highest BCUT2D eigenvalue weighted by Gasteiger charge is 2.22. The molecule has 1 unspecified atom stereocenters. The minimum Gasteiger partial charge on any atom is -0.495 e. The lowest BCUT2D eigenvalue weighted by Gasteiger charge is -2.19. The Morgan fingerprint density at radius 2 is 2.17 bits per heavy atom. The van der Waals surface area contributed by atoms with Crippen LogP contribution in [0, 0.1) is 5.92 Å². The van der Waals surface area contributed by atoms with Crippen LogP contribution in [0.15, 0.2) is 36.0 Å². The van der Waals surface area contributed by atoms with E-state index in [4.69, 9.17) is 4.74 Å². The van der Waals surface area contributed by atoms with E-state index in [1.807, 2.05) is 37.4 Å². The van der Waals surface area contributed by atoms with Gasteiger partial charge in [-0.3, -0.25) is 4.79 Å². The molecule has 0 radical (unpaired) electrons. The highest BCUT2D eigenvalue weighted by atomic mass is 16.5. The summed E-state index contributed by atoms with van der Waals surface area (Å²) in [5.74, 6) is 1.21. The Hall–Kier alpha value is -1.77. The van der Waals surface area contributed by atoms with Crippen LogP contribution in [0.2, 0.25) is 0 Å². The summed E-state index contributed by atoms with van der Waals surface area (Å²) in [6.45, 7) is 2.00. The maximum atomic E-state index is 12.0. The summed E-state index contributed by atoms with van der Waals surface area (Å²) in [5, 5.41) is 3.18. The molecule has 0 heterocycles. The maximum absolute atomic E-state index is 12.0. The van der Waals surface area contributed by atoms with Gasteiger partial charge in [0.1, 0.15) is 5.75 Å². The van der Waals surface area contributed by atoms with Crippen molar-refractivity contribution in [1.29, 1.82) is 0 Å². The van der Waals surface area contributed by atoms with Crippen molar-refractivity contribution in [2.24, 2.45) is 5.92 Å². The van der Waals surface area contributed by atoms with E-state index in [0.717, 1.165) is 36.3 Å². The van der Waals surface area contributed by atoms with Crippen LogP contribution in [0.4, 0.5) is 5.69 Å². The number of carbonyl (C=O) groups is 1. The predicted molar refractivity (Wildman–Crippen MR) is 72.7 cm³/mol. The minimum atomic E-state index is 0.157. The molecule has 1 aliphatic rings. The quantitative estimate of drug-likeness (QED) is 0.830. The summed E-state index contributed by atoms with van der Waals surface area (Å²) >= 11 is 0. The van der Waals surface area contributed by atoms with Crippen molar-refractivity contribution in [1.82, 2.24) is 0 Å². The number of hydrogen-bond acceptors (Lipinski definition) is 3. The number of benzene rings is 1. The summed E-state index contributed by atoms with van der Waals surface area (Å²) in [4.78, 5) is 12.0. The molecule has 1 fully saturated rings. The first-order valence-corrected chi connectivity index (χ1v) is 6.35. The summed E-state index contributed by atoms with van der Waals surface area (Å²) in [7, 11) is 1.64. The van der Waals surface area contributed by atoms with E-state index >= 15 is 0 Å². The molecule has 1 saturated carbocycles. The minimum absolute atomic E-state index is 0.157. The van der Waals surface area contributed by atoms with Crippen LogP contribution in [0.5, 0.6) is 5.75 Å². The molecule has 0 spiro atoms. The third-order valence-electron chi connectivity index (χ3n) is 3.36. The molecule has 3 nitrogen and oxygen atoms in total. The summed E-state index contributed by atoms with van der Waals surface area (Å²) < 4.78 is 5.26. The Morgan fingerprint density at radius 3 is 2.94 bits per heavy atom. The van der Waals surface area contributed by atoms with Gasteiger partial charge in [0.2, 0.25) is 0 Å². The lowest BCUT2D eigenvalue weighted by Crippen LogP contribution is -2.19. The van der Waals surface area contributed by atoms with Gasteiger partial charge in [0.05, 0.1) is 12.8 Å². The molecule has 1 aliphatic carbocycles. The highest BCUT2D eigenvalue weighted by Crippen LogP contribution is 2.27. The van der Waals surface area contributed by atoms with Gasteiger partial charge in [0, 0.05) is 17.7 Å². The summed E-state index contributed by atoms with van der Waals surface area (Å²) in [6, 6.07) is 7.69. The van der Waals surface area contributed by atoms with Crippen LogP contribution in [-0.2, 0) is 4.79 Å². The average molecular weight is 245 g/mol. The molecule has 1 aromatic rings. The number of hydrogen-bond donors (Lipinski definition) is 1. The van der Waals surface area contributed by atoms with Crippen molar-refractivity contribution < 1.29 is 9.53 Å². The Morgan fingerprint density at radius 1 is 1.39 bits per heavy atom. The highest BCUT2D eigenvalue weighted by molar-refractivity contribution is 5.97. The topological polar surface area (TPSA) is 38.3 Å². The van der Waals surface area contributed by atoms with E-state index in [0.29, 0.717) is 0 Å². The summed E-state index contributed by atoms with van der Waals surface area (Å²) in [6.07, 6.45) is 4.79. The molecule has 1 atom stereocenters. The molecule has 0 bridgehead atoms. The molecule has 2 rings (SSSR count). The second-order valence-corrected chi connectivity index (χ2v) is 4.67.